The Morgan fingerprint density at radius 3 is 2.35 bits per heavy atom. The number of hydrogen-bond donors (Lipinski definition) is 2. The molecule has 0 atom stereocenters. The number of carbonyl (C=O) groups is 4. The molecule has 0 unspecified atom stereocenters. The molecule has 0 spiro atoms. The lowest BCUT2D eigenvalue weighted by atomic mass is 9.96. The Kier molecular flexibility index (Phi) is 7.92. The second-order valence-electron chi connectivity index (χ2n) is 7.79. The van der Waals surface area contributed by atoms with Gasteiger partial charge in [-0.3, -0.25) is 34.2 Å². The number of thioether (sulfide) groups is 1. The van der Waals surface area contributed by atoms with E-state index in [-0.39, 0.29) is 48.5 Å². The number of hydrogen-bond acceptors (Lipinski definition) is 7. The van der Waals surface area contributed by atoms with Crippen molar-refractivity contribution in [3.63, 3.8) is 0 Å². The van der Waals surface area contributed by atoms with Gasteiger partial charge in [0, 0.05) is 43.6 Å². The van der Waals surface area contributed by atoms with E-state index in [0.717, 1.165) is 16.7 Å². The van der Waals surface area contributed by atoms with Gasteiger partial charge >= 0.3 is 0 Å². The standard InChI is InChI=1S/C20H24N4O6S/c1-20(2,3)18(27)22-9-8-16(25)21-10-11-23-17(26)15(31-19(23)28)12-13-4-6-14(7-5-13)24(29)30/h4-7,12H,8-11H2,1-3H3,(H,21,25)(H,22,27)/b15-12-. The van der Waals surface area contributed by atoms with E-state index in [9.17, 15) is 29.3 Å². The Hall–Kier alpha value is -3.21. The topological polar surface area (TPSA) is 139 Å². The Balaban J connectivity index is 1.82. The van der Waals surface area contributed by atoms with Gasteiger partial charge in [-0.2, -0.15) is 0 Å². The van der Waals surface area contributed by atoms with Crippen molar-refractivity contribution in [2.24, 2.45) is 5.41 Å². The molecule has 1 fully saturated rings. The molecule has 0 saturated carbocycles. The minimum atomic E-state index is -0.537. The number of nitro benzene ring substituents is 1. The predicted octanol–water partition coefficient (Wildman–Crippen LogP) is 2.30. The van der Waals surface area contributed by atoms with Crippen LogP contribution in [0.1, 0.15) is 32.8 Å². The van der Waals surface area contributed by atoms with Gasteiger partial charge in [0.05, 0.1) is 9.83 Å². The Morgan fingerprint density at radius 1 is 1.13 bits per heavy atom. The van der Waals surface area contributed by atoms with Crippen LogP contribution in [0.5, 0.6) is 0 Å². The minimum Gasteiger partial charge on any atom is -0.355 e. The molecule has 1 aliphatic heterocycles. The van der Waals surface area contributed by atoms with E-state index in [4.69, 9.17) is 0 Å². The highest BCUT2D eigenvalue weighted by atomic mass is 32.2. The van der Waals surface area contributed by atoms with Crippen molar-refractivity contribution in [1.82, 2.24) is 15.5 Å². The summed E-state index contributed by atoms with van der Waals surface area (Å²) in [7, 11) is 0. The summed E-state index contributed by atoms with van der Waals surface area (Å²) in [6.45, 7) is 5.62. The molecule has 1 aromatic rings. The van der Waals surface area contributed by atoms with Gasteiger partial charge in [0.1, 0.15) is 0 Å². The zero-order valence-corrected chi connectivity index (χ0v) is 18.3. The number of nitrogens with one attached hydrogen (secondary N) is 2. The van der Waals surface area contributed by atoms with Crippen LogP contribution >= 0.6 is 11.8 Å². The number of benzene rings is 1. The van der Waals surface area contributed by atoms with E-state index in [1.807, 2.05) is 0 Å². The average molecular weight is 449 g/mol. The average Bonchev–Trinajstić information content (AvgIpc) is 2.95. The molecule has 11 heteroatoms. The maximum atomic E-state index is 12.5. The Labute approximate surface area is 183 Å². The molecule has 166 valence electrons. The number of carbonyl (C=O) groups excluding carboxylic acids is 4. The fraction of sp³-hybridized carbons (Fsp3) is 0.400. The normalized spacial score (nSPS) is 15.3. The molecule has 1 heterocycles. The third-order valence-corrected chi connectivity index (χ3v) is 5.16. The lowest BCUT2D eigenvalue weighted by Crippen LogP contribution is -2.39. The first-order valence-electron chi connectivity index (χ1n) is 9.54. The van der Waals surface area contributed by atoms with Gasteiger partial charge in [-0.25, -0.2) is 0 Å². The number of nitro groups is 1. The molecule has 1 aromatic carbocycles. The van der Waals surface area contributed by atoms with Gasteiger partial charge in [0.15, 0.2) is 0 Å². The van der Waals surface area contributed by atoms with Crippen LogP contribution in [0, 0.1) is 15.5 Å². The largest absolute Gasteiger partial charge is 0.355 e. The van der Waals surface area contributed by atoms with Crippen LogP contribution < -0.4 is 10.6 Å². The third kappa shape index (κ3) is 6.92. The highest BCUT2D eigenvalue weighted by Gasteiger charge is 2.34. The zero-order chi connectivity index (χ0) is 23.2. The molecule has 10 nitrogen and oxygen atoms in total. The smallest absolute Gasteiger partial charge is 0.293 e. The monoisotopic (exact) mass is 448 g/mol. The first-order valence-corrected chi connectivity index (χ1v) is 10.4. The Bertz CT molecular complexity index is 921. The molecular formula is C20H24N4O6S. The summed E-state index contributed by atoms with van der Waals surface area (Å²) in [5, 5.41) is 15.5. The molecule has 2 N–H and O–H groups in total. The van der Waals surface area contributed by atoms with Crippen LogP contribution in [-0.4, -0.2) is 52.4 Å². The summed E-state index contributed by atoms with van der Waals surface area (Å²) in [5.41, 5.74) is -0.0507. The number of rotatable bonds is 8. The van der Waals surface area contributed by atoms with Crippen LogP contribution in [-0.2, 0) is 14.4 Å². The molecule has 1 aliphatic rings. The van der Waals surface area contributed by atoms with Crippen molar-refractivity contribution >= 4 is 46.5 Å². The van der Waals surface area contributed by atoms with Crippen LogP contribution in [0.2, 0.25) is 0 Å². The van der Waals surface area contributed by atoms with Crippen LogP contribution in [0.3, 0.4) is 0 Å². The highest BCUT2D eigenvalue weighted by Crippen LogP contribution is 2.32. The second kappa shape index (κ2) is 10.2. The van der Waals surface area contributed by atoms with Crippen molar-refractivity contribution in [1.29, 1.82) is 0 Å². The fourth-order valence-corrected chi connectivity index (χ4v) is 3.35. The van der Waals surface area contributed by atoms with Gasteiger partial charge < -0.3 is 10.6 Å². The summed E-state index contributed by atoms with van der Waals surface area (Å²) in [6.07, 6.45) is 1.58. The van der Waals surface area contributed by atoms with Gasteiger partial charge in [-0.15, -0.1) is 0 Å². The molecule has 4 amide bonds. The minimum absolute atomic E-state index is 0.0162. The number of non-ortho nitro benzene ring substituents is 1. The molecule has 0 aliphatic carbocycles. The van der Waals surface area contributed by atoms with Crippen molar-refractivity contribution in [2.75, 3.05) is 19.6 Å². The first-order chi connectivity index (χ1) is 14.5. The molecular weight excluding hydrogens is 424 g/mol. The first kappa shape index (κ1) is 24.1. The van der Waals surface area contributed by atoms with E-state index in [2.05, 4.69) is 10.6 Å². The fourth-order valence-electron chi connectivity index (χ4n) is 2.49. The summed E-state index contributed by atoms with van der Waals surface area (Å²) >= 11 is 0.770. The second-order valence-corrected chi connectivity index (χ2v) is 8.78. The van der Waals surface area contributed by atoms with Crippen molar-refractivity contribution < 1.29 is 24.1 Å². The summed E-state index contributed by atoms with van der Waals surface area (Å²) in [6, 6.07) is 5.61. The summed E-state index contributed by atoms with van der Waals surface area (Å²) in [4.78, 5) is 59.6. The molecule has 1 saturated heterocycles. The maximum absolute atomic E-state index is 12.5. The summed E-state index contributed by atoms with van der Waals surface area (Å²) in [5.74, 6) is -0.944. The van der Waals surface area contributed by atoms with Gasteiger partial charge in [0.2, 0.25) is 11.8 Å². The van der Waals surface area contributed by atoms with E-state index in [0.29, 0.717) is 5.56 Å². The van der Waals surface area contributed by atoms with Crippen LogP contribution in [0.4, 0.5) is 10.5 Å². The third-order valence-electron chi connectivity index (χ3n) is 4.25. The zero-order valence-electron chi connectivity index (χ0n) is 17.5. The van der Waals surface area contributed by atoms with Crippen molar-refractivity contribution in [2.45, 2.75) is 27.2 Å². The van der Waals surface area contributed by atoms with E-state index in [1.54, 1.807) is 20.8 Å². The molecule has 0 aromatic heterocycles. The van der Waals surface area contributed by atoms with E-state index in [1.165, 1.54) is 30.3 Å². The SMILES string of the molecule is CC(C)(C)C(=O)NCCC(=O)NCCN1C(=O)S/C(=C\c2ccc([N+](=O)[O-])cc2)C1=O. The van der Waals surface area contributed by atoms with Gasteiger partial charge in [-0.1, -0.05) is 20.8 Å². The number of amides is 4. The molecule has 0 bridgehead atoms. The lowest BCUT2D eigenvalue weighted by molar-refractivity contribution is -0.384. The lowest BCUT2D eigenvalue weighted by Gasteiger charge is -2.17. The van der Waals surface area contributed by atoms with E-state index >= 15 is 0 Å². The summed E-state index contributed by atoms with van der Waals surface area (Å²) < 4.78 is 0. The van der Waals surface area contributed by atoms with Gasteiger partial charge in [0.25, 0.3) is 16.8 Å². The molecule has 31 heavy (non-hydrogen) atoms. The number of imide groups is 1. The van der Waals surface area contributed by atoms with Crippen LogP contribution in [0.15, 0.2) is 29.2 Å². The Morgan fingerprint density at radius 2 is 1.77 bits per heavy atom. The molecule has 2 rings (SSSR count). The predicted molar refractivity (Wildman–Crippen MR) is 116 cm³/mol. The van der Waals surface area contributed by atoms with E-state index < -0.39 is 21.5 Å². The maximum Gasteiger partial charge on any atom is 0.293 e. The van der Waals surface area contributed by atoms with Crippen molar-refractivity contribution in [3.8, 4) is 0 Å². The number of nitrogens with zero attached hydrogens (tertiary/aromatic N) is 2. The highest BCUT2D eigenvalue weighted by molar-refractivity contribution is 8.18. The molecule has 0 radical (unpaired) electrons. The van der Waals surface area contributed by atoms with Gasteiger partial charge in [-0.05, 0) is 35.5 Å². The quantitative estimate of drug-likeness (QED) is 0.353. The van der Waals surface area contributed by atoms with Crippen molar-refractivity contribution in [3.05, 3.63) is 44.8 Å². The van der Waals surface area contributed by atoms with Crippen LogP contribution in [0.25, 0.3) is 6.08 Å².